The summed E-state index contributed by atoms with van der Waals surface area (Å²) in [5.41, 5.74) is 0. The van der Waals surface area contributed by atoms with E-state index in [1.807, 2.05) is 0 Å². The standard InChI is InChI=1S/4O.Pu.U/q4*-2;;. The van der Waals surface area contributed by atoms with Crippen LogP contribution in [0.2, 0.25) is 0 Å². The molecule has 0 radical (unpaired) electrons. The predicted molar refractivity (Wildman–Crippen MR) is 2.75 cm³/mol. The van der Waals surface area contributed by atoms with Gasteiger partial charge in [-0.25, -0.2) is 0 Å². The normalized spacial score (nSPS) is 0. The summed E-state index contributed by atoms with van der Waals surface area (Å²) in [6.07, 6.45) is 0. The van der Waals surface area contributed by atoms with Crippen LogP contribution < -0.4 is 0 Å². The van der Waals surface area contributed by atoms with E-state index in [1.54, 1.807) is 0 Å². The fourth-order valence-electron chi connectivity index (χ4n) is 0. The summed E-state index contributed by atoms with van der Waals surface area (Å²) in [6, 6.07) is 0. The number of hydrogen-bond donors (Lipinski definition) is 0. The van der Waals surface area contributed by atoms with Crippen LogP contribution in [0.15, 0.2) is 0 Å². The van der Waals surface area contributed by atoms with E-state index >= 15 is 0 Å². The molecule has 0 aromatic carbocycles. The first-order valence-electron chi connectivity index (χ1n) is 0. The molecule has 0 heterocycles. The van der Waals surface area contributed by atoms with E-state index in [2.05, 4.69) is 0 Å². The Bertz CT molecular complexity index is 7.51. The molecule has 42 valence electrons. The average molecular weight is 546 g/mol. The van der Waals surface area contributed by atoms with Crippen molar-refractivity contribution in [3.05, 3.63) is 0 Å². The van der Waals surface area contributed by atoms with Crippen LogP contribution in [0.4, 0.5) is 0 Å². The molecule has 4 nitrogen and oxygen atoms in total. The van der Waals surface area contributed by atoms with E-state index in [-0.39, 0.29) is 82.2 Å². The van der Waals surface area contributed by atoms with Crippen molar-refractivity contribution in [3.63, 3.8) is 0 Å². The quantitative estimate of drug-likeness (QED) is 0.391. The Morgan fingerprint density at radius 1 is 0.500 bits per heavy atom. The second-order valence-corrected chi connectivity index (χ2v) is 0. The third kappa shape index (κ3) is 39.6. The minimum Gasteiger partial charge on any atom is -2.00 e. The second-order valence-electron chi connectivity index (χ2n) is 0. The molecule has 0 N–H and O–H groups in total. The summed E-state index contributed by atoms with van der Waals surface area (Å²) in [6.45, 7) is 0. The van der Waals surface area contributed by atoms with Crippen LogP contribution in [0.5, 0.6) is 0 Å². The maximum absolute atomic E-state index is 0. The summed E-state index contributed by atoms with van der Waals surface area (Å²) in [4.78, 5) is 0. The first kappa shape index (κ1) is 106. The van der Waals surface area contributed by atoms with Gasteiger partial charge in [0.25, 0.3) is 0 Å². The zero-order valence-corrected chi connectivity index (χ0v) is 10.1. The summed E-state index contributed by atoms with van der Waals surface area (Å²) in [5.74, 6) is 0. The molecule has 0 bridgehead atoms. The fourth-order valence-corrected chi connectivity index (χ4v) is 0. The maximum Gasteiger partial charge on any atom is 0 e. The summed E-state index contributed by atoms with van der Waals surface area (Å²) in [7, 11) is 0. The van der Waals surface area contributed by atoms with Gasteiger partial charge >= 0.3 is 0 Å². The van der Waals surface area contributed by atoms with Gasteiger partial charge in [-0.1, -0.05) is 0 Å². The molecule has 0 atom stereocenters. The largest absolute Gasteiger partial charge is 2.00 e. The first-order valence-corrected chi connectivity index (χ1v) is 0. The van der Waals surface area contributed by atoms with Gasteiger partial charge in [0.1, 0.15) is 0 Å². The van der Waals surface area contributed by atoms with Gasteiger partial charge in [0.05, 0.1) is 0 Å². The summed E-state index contributed by atoms with van der Waals surface area (Å²) < 4.78 is 0. The zero-order chi connectivity index (χ0) is 0. The third-order valence-corrected chi connectivity index (χ3v) is 0. The molecule has 0 fully saturated rings. The van der Waals surface area contributed by atoms with Gasteiger partial charge in [-0.05, 0) is 0 Å². The number of hydrogen-bond acceptors (Lipinski definition) is 0. The molecular weight excluding hydrogens is 546 g/mol. The zero-order valence-electron chi connectivity index (χ0n) is 2.54. The Kier molecular flexibility index (Phi) is 1190. The van der Waals surface area contributed by atoms with E-state index in [4.69, 9.17) is 0 Å². The van der Waals surface area contributed by atoms with E-state index in [0.29, 0.717) is 0 Å². The van der Waals surface area contributed by atoms with Crippen LogP contribution in [-0.4, -0.2) is 0 Å². The SMILES string of the molecule is [O-2].[O-2].[O-2].[O-2].[Pu].[U]. The molecule has 6 heteroatoms. The molecule has 0 aromatic heterocycles. The van der Waals surface area contributed by atoms with Crippen LogP contribution in [-0.2, 0) is 21.9 Å². The van der Waals surface area contributed by atoms with Crippen LogP contribution in [0, 0.1) is 60.3 Å². The molecule has 0 saturated carbocycles. The van der Waals surface area contributed by atoms with Gasteiger partial charge < -0.3 is 21.9 Å². The molecule has 0 amide bonds. The fraction of sp³-hybridized carbons (Fsp3) is 0. The maximum atomic E-state index is 0. The van der Waals surface area contributed by atoms with Crippen LogP contribution in [0.1, 0.15) is 0 Å². The van der Waals surface area contributed by atoms with E-state index in [0.717, 1.165) is 0 Å². The molecule has 6 heavy (non-hydrogen) atoms. The van der Waals surface area contributed by atoms with E-state index < -0.39 is 0 Å². The first-order chi connectivity index (χ1) is 0. The molecule has 0 saturated heterocycles. The van der Waals surface area contributed by atoms with Crippen LogP contribution in [0.3, 0.4) is 0 Å². The van der Waals surface area contributed by atoms with Gasteiger partial charge in [0, 0.05) is 60.3 Å². The Morgan fingerprint density at radius 3 is 0.500 bits per heavy atom. The molecule has 0 aliphatic rings. The summed E-state index contributed by atoms with van der Waals surface area (Å²) in [5, 5.41) is 0. The minimum absolute atomic E-state index is 0. The van der Waals surface area contributed by atoms with E-state index in [1.165, 1.54) is 0 Å². The van der Waals surface area contributed by atoms with Gasteiger partial charge in [-0.3, -0.25) is 0 Å². The predicted octanol–water partition coefficient (Wildman–Crippen LogP) is -0.475. The second kappa shape index (κ2) is 67.3. The van der Waals surface area contributed by atoms with Gasteiger partial charge in [-0.15, -0.1) is 0 Å². The average Bonchev–Trinajstić information content (AvgIpc) is 0. The van der Waals surface area contributed by atoms with Crippen LogP contribution in [0.25, 0.3) is 0 Å². The molecular formula is O4PuU-8. The topological polar surface area (TPSA) is 114 Å². The Morgan fingerprint density at radius 2 is 0.500 bits per heavy atom. The molecule has 0 spiro atoms. The minimum atomic E-state index is 0. The van der Waals surface area contributed by atoms with Gasteiger partial charge in [0.2, 0.25) is 0 Å². The molecule has 0 aliphatic heterocycles. The number of rotatable bonds is 0. The smallest absolute Gasteiger partial charge is 0 e. The molecule has 0 aromatic rings. The van der Waals surface area contributed by atoms with Crippen molar-refractivity contribution < 1.29 is 82.2 Å². The van der Waals surface area contributed by atoms with Gasteiger partial charge in [0.15, 0.2) is 0 Å². The van der Waals surface area contributed by atoms with Crippen molar-refractivity contribution in [3.8, 4) is 0 Å². The van der Waals surface area contributed by atoms with Crippen molar-refractivity contribution in [1.82, 2.24) is 0 Å². The van der Waals surface area contributed by atoms with Crippen molar-refractivity contribution in [2.45, 2.75) is 0 Å². The third-order valence-electron chi connectivity index (χ3n) is 0. The van der Waals surface area contributed by atoms with Gasteiger partial charge in [-0.2, -0.15) is 0 Å². The molecule has 0 unspecified atom stereocenters. The van der Waals surface area contributed by atoms with Crippen LogP contribution >= 0.6 is 0 Å². The Balaban J connectivity index is 0. The molecule has 0 aliphatic carbocycles. The van der Waals surface area contributed by atoms with Crippen molar-refractivity contribution >= 4 is 0 Å². The Hall–Kier alpha value is 1.88. The molecule has 0 rings (SSSR count). The van der Waals surface area contributed by atoms with Crippen molar-refractivity contribution in [1.29, 1.82) is 0 Å². The van der Waals surface area contributed by atoms with Crippen molar-refractivity contribution in [2.24, 2.45) is 0 Å². The van der Waals surface area contributed by atoms with Crippen molar-refractivity contribution in [2.75, 3.05) is 0 Å². The van der Waals surface area contributed by atoms with E-state index in [9.17, 15) is 0 Å². The monoisotopic (exact) mass is 540 g/mol. The summed E-state index contributed by atoms with van der Waals surface area (Å²) >= 11 is 0. The Labute approximate surface area is 81.2 Å².